The summed E-state index contributed by atoms with van der Waals surface area (Å²) in [5, 5.41) is 15.7. The summed E-state index contributed by atoms with van der Waals surface area (Å²) < 4.78 is 0. The molecule has 0 saturated heterocycles. The molecule has 0 radical (unpaired) electrons. The number of aromatic nitrogens is 1. The number of thiazole rings is 1. The lowest BCUT2D eigenvalue weighted by molar-refractivity contribution is -0.127. The van der Waals surface area contributed by atoms with Gasteiger partial charge in [0.1, 0.15) is 5.01 Å². The van der Waals surface area contributed by atoms with Crippen LogP contribution in [0.3, 0.4) is 0 Å². The molecule has 0 aliphatic heterocycles. The number of benzene rings is 1. The van der Waals surface area contributed by atoms with Crippen molar-refractivity contribution < 1.29 is 9.90 Å². The van der Waals surface area contributed by atoms with Crippen molar-refractivity contribution in [1.82, 2.24) is 10.3 Å². The van der Waals surface area contributed by atoms with E-state index in [1.165, 1.54) is 0 Å². The lowest BCUT2D eigenvalue weighted by atomic mass is 10.1. The van der Waals surface area contributed by atoms with Gasteiger partial charge in [0.25, 0.3) is 0 Å². The second-order valence-corrected chi connectivity index (χ2v) is 6.51. The van der Waals surface area contributed by atoms with Crippen LogP contribution in [0.15, 0.2) is 35.7 Å². The summed E-state index contributed by atoms with van der Waals surface area (Å²) in [5.74, 6) is -0.251. The van der Waals surface area contributed by atoms with Gasteiger partial charge in [-0.25, -0.2) is 4.98 Å². The zero-order valence-corrected chi connectivity index (χ0v) is 13.2. The third-order valence-electron chi connectivity index (χ3n) is 4.07. The van der Waals surface area contributed by atoms with Gasteiger partial charge in [-0.15, -0.1) is 11.3 Å². The molecule has 1 aliphatic carbocycles. The summed E-state index contributed by atoms with van der Waals surface area (Å²) in [5.41, 5.74) is 2.12. The van der Waals surface area contributed by atoms with Gasteiger partial charge in [0, 0.05) is 23.9 Å². The molecule has 4 nitrogen and oxygen atoms in total. The summed E-state index contributed by atoms with van der Waals surface area (Å²) in [6.07, 6.45) is 2.72. The Bertz CT molecular complexity index is 627. The first kappa shape index (κ1) is 15.2. The van der Waals surface area contributed by atoms with Crippen LogP contribution >= 0.6 is 11.3 Å². The molecular weight excluding hydrogens is 296 g/mol. The molecule has 1 saturated carbocycles. The van der Waals surface area contributed by atoms with Gasteiger partial charge in [0.15, 0.2) is 0 Å². The van der Waals surface area contributed by atoms with E-state index in [1.54, 1.807) is 11.3 Å². The minimum Gasteiger partial charge on any atom is -0.392 e. The van der Waals surface area contributed by atoms with E-state index in [2.05, 4.69) is 10.3 Å². The van der Waals surface area contributed by atoms with Crippen molar-refractivity contribution in [2.24, 2.45) is 5.92 Å². The predicted molar refractivity (Wildman–Crippen MR) is 87.6 cm³/mol. The third-order valence-corrected chi connectivity index (χ3v) is 5.01. The quantitative estimate of drug-likeness (QED) is 0.891. The van der Waals surface area contributed by atoms with Gasteiger partial charge < -0.3 is 10.4 Å². The molecule has 5 heteroatoms. The molecule has 1 aromatic carbocycles. The van der Waals surface area contributed by atoms with E-state index < -0.39 is 6.10 Å². The Kier molecular flexibility index (Phi) is 4.85. The first-order valence-corrected chi connectivity index (χ1v) is 8.57. The van der Waals surface area contributed by atoms with Crippen molar-refractivity contribution in [2.45, 2.75) is 31.8 Å². The standard InChI is InChI=1S/C17H20N2O2S/c20-15-8-4-7-14(15)16(21)18-10-9-13-11-22-17(19-13)12-5-2-1-3-6-12/h1-3,5-6,11,14-15,20H,4,7-10H2,(H,18,21). The Balaban J connectivity index is 1.50. The van der Waals surface area contributed by atoms with Gasteiger partial charge in [-0.05, 0) is 19.3 Å². The van der Waals surface area contributed by atoms with Crippen LogP contribution in [0.25, 0.3) is 10.6 Å². The van der Waals surface area contributed by atoms with E-state index in [1.807, 2.05) is 35.7 Å². The number of carbonyl (C=O) groups excluding carboxylic acids is 1. The van der Waals surface area contributed by atoms with Gasteiger partial charge in [-0.1, -0.05) is 30.3 Å². The number of hydrogen-bond donors (Lipinski definition) is 2. The molecule has 2 N–H and O–H groups in total. The summed E-state index contributed by atoms with van der Waals surface area (Å²) in [4.78, 5) is 16.6. The fourth-order valence-electron chi connectivity index (χ4n) is 2.83. The van der Waals surface area contributed by atoms with Crippen LogP contribution < -0.4 is 5.32 Å². The first-order chi connectivity index (χ1) is 10.7. The second kappa shape index (κ2) is 7.03. The maximum atomic E-state index is 12.0. The molecule has 1 amide bonds. The van der Waals surface area contributed by atoms with Gasteiger partial charge in [-0.3, -0.25) is 4.79 Å². The van der Waals surface area contributed by atoms with Crippen LogP contribution in [-0.2, 0) is 11.2 Å². The monoisotopic (exact) mass is 316 g/mol. The maximum Gasteiger partial charge on any atom is 0.225 e. The van der Waals surface area contributed by atoms with E-state index in [0.29, 0.717) is 6.54 Å². The van der Waals surface area contributed by atoms with Crippen molar-refractivity contribution in [3.05, 3.63) is 41.4 Å². The Hall–Kier alpha value is -1.72. The third kappa shape index (κ3) is 3.54. The lowest BCUT2D eigenvalue weighted by Gasteiger charge is -2.13. The average Bonchev–Trinajstić information content (AvgIpc) is 3.17. The fourth-order valence-corrected chi connectivity index (χ4v) is 3.69. The first-order valence-electron chi connectivity index (χ1n) is 7.69. The van der Waals surface area contributed by atoms with Crippen molar-refractivity contribution in [3.8, 4) is 10.6 Å². The molecule has 2 aromatic rings. The summed E-state index contributed by atoms with van der Waals surface area (Å²) >= 11 is 1.62. The average molecular weight is 316 g/mol. The second-order valence-electron chi connectivity index (χ2n) is 5.66. The number of hydrogen-bond acceptors (Lipinski definition) is 4. The van der Waals surface area contributed by atoms with Crippen LogP contribution in [0.2, 0.25) is 0 Å². The van der Waals surface area contributed by atoms with Gasteiger partial charge in [0.05, 0.1) is 17.7 Å². The van der Waals surface area contributed by atoms with Crippen molar-refractivity contribution in [1.29, 1.82) is 0 Å². The normalized spacial score (nSPS) is 21.0. The topological polar surface area (TPSA) is 62.2 Å². The zero-order chi connectivity index (χ0) is 15.4. The molecule has 2 atom stereocenters. The Morgan fingerprint density at radius 1 is 1.32 bits per heavy atom. The number of carbonyl (C=O) groups is 1. The zero-order valence-electron chi connectivity index (χ0n) is 12.4. The number of aliphatic hydroxyl groups is 1. The highest BCUT2D eigenvalue weighted by atomic mass is 32.1. The molecule has 116 valence electrons. The molecule has 3 rings (SSSR count). The van der Waals surface area contributed by atoms with Gasteiger partial charge in [0.2, 0.25) is 5.91 Å². The molecule has 1 fully saturated rings. The maximum absolute atomic E-state index is 12.0. The molecule has 22 heavy (non-hydrogen) atoms. The number of rotatable bonds is 5. The summed E-state index contributed by atoms with van der Waals surface area (Å²) in [6.45, 7) is 0.569. The smallest absolute Gasteiger partial charge is 0.225 e. The molecule has 1 aromatic heterocycles. The molecule has 0 bridgehead atoms. The van der Waals surface area contributed by atoms with E-state index in [4.69, 9.17) is 0 Å². The molecule has 1 heterocycles. The van der Waals surface area contributed by atoms with E-state index in [0.717, 1.165) is 41.9 Å². The minimum absolute atomic E-state index is 0.0245. The van der Waals surface area contributed by atoms with Gasteiger partial charge in [-0.2, -0.15) is 0 Å². The molecule has 2 unspecified atom stereocenters. The van der Waals surface area contributed by atoms with E-state index in [9.17, 15) is 9.90 Å². The lowest BCUT2D eigenvalue weighted by Crippen LogP contribution is -2.35. The Morgan fingerprint density at radius 3 is 2.86 bits per heavy atom. The molecule has 1 aliphatic rings. The van der Waals surface area contributed by atoms with E-state index in [-0.39, 0.29) is 11.8 Å². The summed E-state index contributed by atoms with van der Waals surface area (Å²) in [6, 6.07) is 10.1. The highest BCUT2D eigenvalue weighted by Gasteiger charge is 2.30. The SMILES string of the molecule is O=C(NCCc1csc(-c2ccccc2)n1)C1CCCC1O. The molecular formula is C17H20N2O2S. The highest BCUT2D eigenvalue weighted by molar-refractivity contribution is 7.13. The largest absolute Gasteiger partial charge is 0.392 e. The highest BCUT2D eigenvalue weighted by Crippen LogP contribution is 2.26. The fraction of sp³-hybridized carbons (Fsp3) is 0.412. The number of nitrogens with zero attached hydrogens (tertiary/aromatic N) is 1. The van der Waals surface area contributed by atoms with Crippen LogP contribution in [-0.4, -0.2) is 28.6 Å². The van der Waals surface area contributed by atoms with Gasteiger partial charge >= 0.3 is 0 Å². The van der Waals surface area contributed by atoms with Crippen LogP contribution in [0, 0.1) is 5.92 Å². The van der Waals surface area contributed by atoms with E-state index >= 15 is 0 Å². The molecule has 0 spiro atoms. The minimum atomic E-state index is -0.469. The summed E-state index contributed by atoms with van der Waals surface area (Å²) in [7, 11) is 0. The number of amides is 1. The number of nitrogens with one attached hydrogen (secondary N) is 1. The van der Waals surface area contributed by atoms with Crippen LogP contribution in [0.5, 0.6) is 0 Å². The van der Waals surface area contributed by atoms with Crippen molar-refractivity contribution in [3.63, 3.8) is 0 Å². The predicted octanol–water partition coefficient (Wildman–Crippen LogP) is 2.63. The van der Waals surface area contributed by atoms with Crippen LogP contribution in [0.1, 0.15) is 25.0 Å². The van der Waals surface area contributed by atoms with Crippen LogP contribution in [0.4, 0.5) is 0 Å². The Labute approximate surface area is 134 Å². The van der Waals surface area contributed by atoms with Crippen molar-refractivity contribution in [2.75, 3.05) is 6.54 Å². The Morgan fingerprint density at radius 2 is 2.14 bits per heavy atom. The van der Waals surface area contributed by atoms with Crippen molar-refractivity contribution >= 4 is 17.2 Å². The number of aliphatic hydroxyl groups excluding tert-OH is 1.